The third-order valence-electron chi connectivity index (χ3n) is 4.70. The zero-order chi connectivity index (χ0) is 19.7. The van der Waals surface area contributed by atoms with Gasteiger partial charge >= 0.3 is 0 Å². The first-order chi connectivity index (χ1) is 13.4. The van der Waals surface area contributed by atoms with E-state index in [1.54, 1.807) is 23.7 Å². The number of aromatic amines is 1. The van der Waals surface area contributed by atoms with Gasteiger partial charge in [0, 0.05) is 38.3 Å². The van der Waals surface area contributed by atoms with Crippen molar-refractivity contribution in [3.05, 3.63) is 60.1 Å². The van der Waals surface area contributed by atoms with E-state index in [9.17, 15) is 12.8 Å². The van der Waals surface area contributed by atoms with Gasteiger partial charge in [-0.2, -0.15) is 9.40 Å². The number of aryl methyl sites for hydroxylation is 1. The Morgan fingerprint density at radius 3 is 2.96 bits per heavy atom. The number of halogens is 1. The van der Waals surface area contributed by atoms with Gasteiger partial charge in [-0.15, -0.1) is 0 Å². The van der Waals surface area contributed by atoms with Crippen molar-refractivity contribution in [3.8, 4) is 5.75 Å². The Kier molecular flexibility index (Phi) is 4.90. The van der Waals surface area contributed by atoms with Crippen LogP contribution < -0.4 is 4.74 Å². The molecule has 2 aromatic heterocycles. The molecule has 1 atom stereocenters. The second-order valence-electron chi connectivity index (χ2n) is 6.79. The highest BCUT2D eigenvalue weighted by Gasteiger charge is 2.35. The summed E-state index contributed by atoms with van der Waals surface area (Å²) in [6.07, 6.45) is 3.65. The summed E-state index contributed by atoms with van der Waals surface area (Å²) in [6.45, 7) is 0.999. The van der Waals surface area contributed by atoms with Gasteiger partial charge in [0.05, 0.1) is 17.7 Å². The molecule has 1 aliphatic heterocycles. The number of benzene rings is 1. The molecule has 0 amide bonds. The molecule has 1 saturated heterocycles. The number of H-pyrrole nitrogens is 1. The Morgan fingerprint density at radius 2 is 2.21 bits per heavy atom. The van der Waals surface area contributed by atoms with Gasteiger partial charge in [-0.1, -0.05) is 6.07 Å². The van der Waals surface area contributed by atoms with Crippen LogP contribution >= 0.6 is 0 Å². The fourth-order valence-corrected chi connectivity index (χ4v) is 4.69. The van der Waals surface area contributed by atoms with Crippen molar-refractivity contribution in [2.75, 3.05) is 13.1 Å². The molecule has 1 fully saturated rings. The summed E-state index contributed by atoms with van der Waals surface area (Å²) in [5.41, 5.74) is 1.53. The molecule has 1 aromatic carbocycles. The lowest BCUT2D eigenvalue weighted by atomic mass is 10.1. The Balaban J connectivity index is 1.39. The summed E-state index contributed by atoms with van der Waals surface area (Å²) in [7, 11) is -1.87. The van der Waals surface area contributed by atoms with Crippen LogP contribution in [0.25, 0.3) is 0 Å². The normalized spacial score (nSPS) is 17.9. The Hall–Kier alpha value is -2.72. The van der Waals surface area contributed by atoms with Crippen LogP contribution in [0.3, 0.4) is 0 Å². The summed E-state index contributed by atoms with van der Waals surface area (Å²) >= 11 is 0. The molecule has 4 rings (SSSR count). The van der Waals surface area contributed by atoms with Crippen LogP contribution in [0.5, 0.6) is 5.75 Å². The second-order valence-corrected chi connectivity index (χ2v) is 8.67. The highest BCUT2D eigenvalue weighted by molar-refractivity contribution is 7.89. The number of aromatic nitrogens is 4. The van der Waals surface area contributed by atoms with Gasteiger partial charge in [-0.25, -0.2) is 17.8 Å². The van der Waals surface area contributed by atoms with E-state index in [-0.39, 0.29) is 23.4 Å². The van der Waals surface area contributed by atoms with E-state index in [0.29, 0.717) is 25.3 Å². The summed E-state index contributed by atoms with van der Waals surface area (Å²) in [5, 5.41) is 7.26. The maximum atomic E-state index is 13.2. The first kappa shape index (κ1) is 18.6. The van der Waals surface area contributed by atoms with Crippen molar-refractivity contribution in [1.82, 2.24) is 24.1 Å². The van der Waals surface area contributed by atoms with Crippen LogP contribution in [0.4, 0.5) is 4.39 Å². The molecule has 1 N–H and O–H groups in total. The van der Waals surface area contributed by atoms with Crippen LogP contribution in [0, 0.1) is 5.82 Å². The van der Waals surface area contributed by atoms with Crippen LogP contribution in [0.1, 0.15) is 23.7 Å². The van der Waals surface area contributed by atoms with E-state index in [4.69, 9.17) is 4.74 Å². The Bertz CT molecular complexity index is 1080. The van der Waals surface area contributed by atoms with Gasteiger partial charge in [-0.05, 0) is 24.6 Å². The monoisotopic (exact) mass is 405 g/mol. The van der Waals surface area contributed by atoms with E-state index in [1.807, 2.05) is 6.07 Å². The van der Waals surface area contributed by atoms with E-state index in [0.717, 1.165) is 11.4 Å². The SMILES string of the molecule is Cn1cnc(S(=O)(=O)N2CC[C@@H](c3cc(COc4cccc(F)c4)[nH]n3)C2)c1. The van der Waals surface area contributed by atoms with Crippen LogP contribution in [0.2, 0.25) is 0 Å². The van der Waals surface area contributed by atoms with Gasteiger partial charge in [0.25, 0.3) is 10.0 Å². The number of nitrogens with one attached hydrogen (secondary N) is 1. The lowest BCUT2D eigenvalue weighted by Gasteiger charge is -2.14. The van der Waals surface area contributed by atoms with Gasteiger partial charge in [0.1, 0.15) is 18.2 Å². The number of hydrogen-bond acceptors (Lipinski definition) is 5. The molecule has 0 bridgehead atoms. The molecular weight excluding hydrogens is 385 g/mol. The summed E-state index contributed by atoms with van der Waals surface area (Å²) in [6, 6.07) is 7.79. The zero-order valence-corrected chi connectivity index (χ0v) is 16.1. The number of nitrogens with zero attached hydrogens (tertiary/aromatic N) is 4. The Morgan fingerprint density at radius 1 is 1.36 bits per heavy atom. The minimum Gasteiger partial charge on any atom is -0.487 e. The number of sulfonamides is 1. The molecule has 0 saturated carbocycles. The third-order valence-corrected chi connectivity index (χ3v) is 6.45. The molecule has 0 unspecified atom stereocenters. The van der Waals surface area contributed by atoms with Crippen molar-refractivity contribution in [2.24, 2.45) is 7.05 Å². The smallest absolute Gasteiger partial charge is 0.262 e. The average Bonchev–Trinajstić information content (AvgIpc) is 3.40. The average molecular weight is 405 g/mol. The maximum absolute atomic E-state index is 13.2. The van der Waals surface area contributed by atoms with E-state index >= 15 is 0 Å². The molecule has 28 heavy (non-hydrogen) atoms. The molecule has 3 aromatic rings. The molecule has 1 aliphatic rings. The molecule has 148 valence electrons. The van der Waals surface area contributed by atoms with Crippen molar-refractivity contribution < 1.29 is 17.5 Å². The number of imidazole rings is 1. The first-order valence-corrected chi connectivity index (χ1v) is 10.3. The third kappa shape index (κ3) is 3.78. The van der Waals surface area contributed by atoms with Crippen molar-refractivity contribution in [3.63, 3.8) is 0 Å². The summed E-state index contributed by atoms with van der Waals surface area (Å²) in [5.74, 6) is 0.0743. The van der Waals surface area contributed by atoms with Crippen LogP contribution in [-0.2, 0) is 23.7 Å². The van der Waals surface area contributed by atoms with E-state index < -0.39 is 10.0 Å². The standard InChI is InChI=1S/C18H20FN5O3S/c1-23-10-18(20-12-23)28(25,26)24-6-5-13(9-24)17-8-15(21-22-17)11-27-16-4-2-3-14(19)7-16/h2-4,7-8,10,12-13H,5-6,9,11H2,1H3,(H,21,22)/t13-/m1/s1. The number of ether oxygens (including phenoxy) is 1. The van der Waals surface area contributed by atoms with Crippen molar-refractivity contribution >= 4 is 10.0 Å². The molecular formula is C18H20FN5O3S. The minimum atomic E-state index is -3.60. The van der Waals surface area contributed by atoms with Gasteiger partial charge in [0.2, 0.25) is 0 Å². The van der Waals surface area contributed by atoms with Gasteiger partial charge < -0.3 is 9.30 Å². The number of rotatable bonds is 6. The van der Waals surface area contributed by atoms with Crippen LogP contribution in [-0.4, -0.2) is 45.6 Å². The lowest BCUT2D eigenvalue weighted by Crippen LogP contribution is -2.29. The van der Waals surface area contributed by atoms with Crippen molar-refractivity contribution in [2.45, 2.75) is 24.0 Å². The summed E-state index contributed by atoms with van der Waals surface area (Å²) < 4.78 is 47.2. The molecule has 10 heteroatoms. The molecule has 0 radical (unpaired) electrons. The minimum absolute atomic E-state index is 0.00217. The fraction of sp³-hybridized carbons (Fsp3) is 0.333. The Labute approximate surface area is 162 Å². The predicted octanol–water partition coefficient (Wildman–Crippen LogP) is 2.04. The molecule has 3 heterocycles. The maximum Gasteiger partial charge on any atom is 0.262 e. The quantitative estimate of drug-likeness (QED) is 0.677. The summed E-state index contributed by atoms with van der Waals surface area (Å²) in [4.78, 5) is 3.96. The molecule has 0 spiro atoms. The predicted molar refractivity (Wildman–Crippen MR) is 98.6 cm³/mol. The molecule has 8 nitrogen and oxygen atoms in total. The number of hydrogen-bond donors (Lipinski definition) is 1. The first-order valence-electron chi connectivity index (χ1n) is 8.82. The van der Waals surface area contributed by atoms with E-state index in [2.05, 4.69) is 15.2 Å². The topological polar surface area (TPSA) is 93.1 Å². The second kappa shape index (κ2) is 7.36. The van der Waals surface area contributed by atoms with Crippen LogP contribution in [0.15, 0.2) is 47.9 Å². The van der Waals surface area contributed by atoms with Gasteiger partial charge in [0.15, 0.2) is 5.03 Å². The highest BCUT2D eigenvalue weighted by atomic mass is 32.2. The highest BCUT2D eigenvalue weighted by Crippen LogP contribution is 2.30. The van der Waals surface area contributed by atoms with E-state index in [1.165, 1.54) is 29.0 Å². The lowest BCUT2D eigenvalue weighted by molar-refractivity contribution is 0.299. The molecule has 0 aliphatic carbocycles. The van der Waals surface area contributed by atoms with Crippen molar-refractivity contribution in [1.29, 1.82) is 0 Å². The largest absolute Gasteiger partial charge is 0.487 e. The fourth-order valence-electron chi connectivity index (χ4n) is 3.22. The van der Waals surface area contributed by atoms with Gasteiger partial charge in [-0.3, -0.25) is 5.10 Å². The zero-order valence-electron chi connectivity index (χ0n) is 15.2.